The molecule has 0 spiro atoms. The average molecular weight is 263 g/mol. The summed E-state index contributed by atoms with van der Waals surface area (Å²) in [4.78, 5) is 0. The summed E-state index contributed by atoms with van der Waals surface area (Å²) in [6.45, 7) is 2.30. The smallest absolute Gasteiger partial charge is 0.120 e. The van der Waals surface area contributed by atoms with Crippen molar-refractivity contribution in [2.75, 3.05) is 5.75 Å². The van der Waals surface area contributed by atoms with Crippen LogP contribution in [0.15, 0.2) is 24.3 Å². The maximum absolute atomic E-state index is 6.47. The average Bonchev–Trinajstić information content (AvgIpc) is 3.08. The molecule has 2 aliphatic rings. The third-order valence-corrected chi connectivity index (χ3v) is 5.56. The minimum atomic E-state index is 0.104. The molecule has 2 atom stereocenters. The third kappa shape index (κ3) is 2.52. The van der Waals surface area contributed by atoms with Gasteiger partial charge in [-0.05, 0) is 56.1 Å². The van der Waals surface area contributed by atoms with Crippen molar-refractivity contribution >= 4 is 11.8 Å². The van der Waals surface area contributed by atoms with Gasteiger partial charge in [0.05, 0.1) is 6.10 Å². The Morgan fingerprint density at radius 2 is 2.28 bits per heavy atom. The van der Waals surface area contributed by atoms with Crippen LogP contribution in [0, 0.1) is 0 Å². The highest BCUT2D eigenvalue weighted by molar-refractivity contribution is 8.00. The summed E-state index contributed by atoms with van der Waals surface area (Å²) in [7, 11) is 0. The summed E-state index contributed by atoms with van der Waals surface area (Å²) in [5.41, 5.74) is 7.69. The molecule has 2 fully saturated rings. The molecule has 1 saturated carbocycles. The molecule has 0 amide bonds. The van der Waals surface area contributed by atoms with E-state index in [4.69, 9.17) is 10.5 Å². The Morgan fingerprint density at radius 3 is 2.94 bits per heavy atom. The van der Waals surface area contributed by atoms with E-state index in [2.05, 4.69) is 25.1 Å². The fraction of sp³-hybridized carbons (Fsp3) is 0.600. The van der Waals surface area contributed by atoms with Crippen molar-refractivity contribution in [2.45, 2.75) is 49.5 Å². The predicted molar refractivity (Wildman–Crippen MR) is 77.1 cm³/mol. The minimum absolute atomic E-state index is 0.104. The molecular formula is C15H21NOS. The first-order valence-corrected chi connectivity index (χ1v) is 7.82. The number of rotatable bonds is 4. The molecule has 1 aromatic rings. The van der Waals surface area contributed by atoms with Crippen LogP contribution in [0.3, 0.4) is 0 Å². The van der Waals surface area contributed by atoms with Gasteiger partial charge < -0.3 is 10.5 Å². The van der Waals surface area contributed by atoms with Crippen LogP contribution in [-0.2, 0) is 0 Å². The Balaban J connectivity index is 1.77. The molecule has 1 aromatic carbocycles. The van der Waals surface area contributed by atoms with Gasteiger partial charge in [-0.3, -0.25) is 0 Å². The molecule has 3 rings (SSSR count). The van der Waals surface area contributed by atoms with Gasteiger partial charge in [0.2, 0.25) is 0 Å². The SMILES string of the molecule is CC1(C(N)c2cccc(OC3CC3)c2)CCCS1. The van der Waals surface area contributed by atoms with Crippen molar-refractivity contribution in [1.29, 1.82) is 0 Å². The Hall–Kier alpha value is -0.670. The van der Waals surface area contributed by atoms with Crippen molar-refractivity contribution in [3.05, 3.63) is 29.8 Å². The summed E-state index contributed by atoms with van der Waals surface area (Å²) >= 11 is 2.01. The molecule has 0 bridgehead atoms. The largest absolute Gasteiger partial charge is 0.490 e. The van der Waals surface area contributed by atoms with E-state index in [0.717, 1.165) is 5.75 Å². The minimum Gasteiger partial charge on any atom is -0.490 e. The Kier molecular flexibility index (Phi) is 3.29. The van der Waals surface area contributed by atoms with Crippen LogP contribution in [0.1, 0.15) is 44.2 Å². The van der Waals surface area contributed by atoms with Crippen LogP contribution < -0.4 is 10.5 Å². The van der Waals surface area contributed by atoms with Gasteiger partial charge in [0.15, 0.2) is 0 Å². The van der Waals surface area contributed by atoms with Gasteiger partial charge in [-0.15, -0.1) is 0 Å². The highest BCUT2D eigenvalue weighted by atomic mass is 32.2. The van der Waals surface area contributed by atoms with Gasteiger partial charge in [0, 0.05) is 10.8 Å². The zero-order chi connectivity index (χ0) is 12.6. The van der Waals surface area contributed by atoms with Crippen LogP contribution in [0.2, 0.25) is 0 Å². The molecule has 1 aliphatic carbocycles. The topological polar surface area (TPSA) is 35.2 Å². The zero-order valence-corrected chi connectivity index (χ0v) is 11.7. The summed E-state index contributed by atoms with van der Waals surface area (Å²) in [6.07, 6.45) is 5.35. The van der Waals surface area contributed by atoms with E-state index in [1.54, 1.807) is 0 Å². The number of thioether (sulfide) groups is 1. The summed E-state index contributed by atoms with van der Waals surface area (Å²) in [5, 5.41) is 0. The predicted octanol–water partition coefficient (Wildman–Crippen LogP) is 3.51. The number of benzene rings is 1. The standard InChI is InChI=1S/C15H21NOS/c1-15(8-3-9-18-15)14(16)11-4-2-5-13(10-11)17-12-6-7-12/h2,4-5,10,12,14H,3,6-9,16H2,1H3. The lowest BCUT2D eigenvalue weighted by atomic mass is 9.91. The second-order valence-corrected chi connectivity index (χ2v) is 7.26. The monoisotopic (exact) mass is 263 g/mol. The Morgan fingerprint density at radius 1 is 1.44 bits per heavy atom. The zero-order valence-electron chi connectivity index (χ0n) is 10.9. The molecule has 1 heterocycles. The van der Waals surface area contributed by atoms with Gasteiger partial charge in [0.1, 0.15) is 5.75 Å². The Labute approximate surface area is 113 Å². The highest BCUT2D eigenvalue weighted by Gasteiger charge is 2.36. The molecule has 2 N–H and O–H groups in total. The first-order valence-electron chi connectivity index (χ1n) is 6.83. The summed E-state index contributed by atoms with van der Waals surface area (Å²) < 4.78 is 6.04. The first-order chi connectivity index (χ1) is 8.67. The maximum Gasteiger partial charge on any atom is 0.120 e. The molecular weight excluding hydrogens is 242 g/mol. The van der Waals surface area contributed by atoms with E-state index < -0.39 is 0 Å². The molecule has 2 nitrogen and oxygen atoms in total. The van der Waals surface area contributed by atoms with Gasteiger partial charge in [-0.25, -0.2) is 0 Å². The molecule has 1 saturated heterocycles. The normalized spacial score (nSPS) is 29.2. The first kappa shape index (κ1) is 12.4. The third-order valence-electron chi connectivity index (χ3n) is 3.95. The molecule has 98 valence electrons. The van der Waals surface area contributed by atoms with Crippen molar-refractivity contribution in [1.82, 2.24) is 0 Å². The van der Waals surface area contributed by atoms with Crippen molar-refractivity contribution in [2.24, 2.45) is 5.73 Å². The van der Waals surface area contributed by atoms with E-state index >= 15 is 0 Å². The molecule has 0 radical (unpaired) electrons. The van der Waals surface area contributed by atoms with E-state index in [-0.39, 0.29) is 10.8 Å². The van der Waals surface area contributed by atoms with Gasteiger partial charge in [0.25, 0.3) is 0 Å². The molecule has 1 aliphatic heterocycles. The summed E-state index contributed by atoms with van der Waals surface area (Å²) in [6, 6.07) is 8.48. The summed E-state index contributed by atoms with van der Waals surface area (Å²) in [5.74, 6) is 2.22. The molecule has 18 heavy (non-hydrogen) atoms. The lowest BCUT2D eigenvalue weighted by Gasteiger charge is -2.30. The van der Waals surface area contributed by atoms with Crippen molar-refractivity contribution in [3.63, 3.8) is 0 Å². The quantitative estimate of drug-likeness (QED) is 0.903. The van der Waals surface area contributed by atoms with Crippen molar-refractivity contribution < 1.29 is 4.74 Å². The second-order valence-electron chi connectivity index (χ2n) is 5.63. The maximum atomic E-state index is 6.47. The van der Waals surface area contributed by atoms with Crippen LogP contribution in [0.4, 0.5) is 0 Å². The lowest BCUT2D eigenvalue weighted by Crippen LogP contribution is -2.33. The lowest BCUT2D eigenvalue weighted by molar-refractivity contribution is 0.302. The molecule has 0 aromatic heterocycles. The van der Waals surface area contributed by atoms with E-state index in [9.17, 15) is 0 Å². The van der Waals surface area contributed by atoms with E-state index in [1.807, 2.05) is 17.8 Å². The van der Waals surface area contributed by atoms with Crippen molar-refractivity contribution in [3.8, 4) is 5.75 Å². The fourth-order valence-corrected chi connectivity index (χ4v) is 3.92. The van der Waals surface area contributed by atoms with Gasteiger partial charge >= 0.3 is 0 Å². The van der Waals surface area contributed by atoms with Crippen LogP contribution in [0.5, 0.6) is 5.75 Å². The number of hydrogen-bond donors (Lipinski definition) is 1. The van der Waals surface area contributed by atoms with Gasteiger partial charge in [-0.2, -0.15) is 11.8 Å². The van der Waals surface area contributed by atoms with E-state index in [0.29, 0.717) is 6.10 Å². The van der Waals surface area contributed by atoms with E-state index in [1.165, 1.54) is 37.0 Å². The number of ether oxygens (including phenoxy) is 1. The van der Waals surface area contributed by atoms with Crippen LogP contribution >= 0.6 is 11.8 Å². The second kappa shape index (κ2) is 4.78. The Bertz CT molecular complexity index is 424. The molecule has 2 unspecified atom stereocenters. The number of nitrogens with two attached hydrogens (primary N) is 1. The fourth-order valence-electron chi connectivity index (χ4n) is 2.56. The van der Waals surface area contributed by atoms with Gasteiger partial charge in [-0.1, -0.05) is 12.1 Å². The van der Waals surface area contributed by atoms with Crippen LogP contribution in [0.25, 0.3) is 0 Å². The highest BCUT2D eigenvalue weighted by Crippen LogP contribution is 2.45. The number of hydrogen-bond acceptors (Lipinski definition) is 3. The van der Waals surface area contributed by atoms with Crippen LogP contribution in [-0.4, -0.2) is 16.6 Å². The molecule has 3 heteroatoms.